The van der Waals surface area contributed by atoms with Gasteiger partial charge in [-0.1, -0.05) is 51.1 Å². The van der Waals surface area contributed by atoms with Gasteiger partial charge in [-0.15, -0.1) is 5.10 Å². The number of carbonyl (C=O) groups is 2. The first-order chi connectivity index (χ1) is 16.0. The Hall–Kier alpha value is -3.59. The van der Waals surface area contributed by atoms with Crippen molar-refractivity contribution in [3.8, 4) is 0 Å². The second-order valence-corrected chi connectivity index (χ2v) is 11.1. The minimum Gasteiger partial charge on any atom is -0.338 e. The summed E-state index contributed by atoms with van der Waals surface area (Å²) in [5.74, 6) is -0.946. The Morgan fingerprint density at radius 1 is 0.941 bits per heavy atom. The molecule has 0 bridgehead atoms. The van der Waals surface area contributed by atoms with E-state index in [0.717, 1.165) is 5.56 Å². The lowest BCUT2D eigenvalue weighted by Crippen LogP contribution is -2.45. The van der Waals surface area contributed by atoms with Gasteiger partial charge in [-0.3, -0.25) is 9.59 Å². The summed E-state index contributed by atoms with van der Waals surface area (Å²) >= 11 is 0. The number of anilines is 1. The SMILES string of the molecule is CC(C)(C)CS(=O)(=O)c1ccc(NC(=O)[C@H](Cc2ccccc2)NC(=O)c2cccnn2)cc1. The topological polar surface area (TPSA) is 118 Å². The number of hydrogen-bond donors (Lipinski definition) is 2. The highest BCUT2D eigenvalue weighted by atomic mass is 32.2. The van der Waals surface area contributed by atoms with Gasteiger partial charge in [0.2, 0.25) is 5.91 Å². The van der Waals surface area contributed by atoms with E-state index in [0.29, 0.717) is 5.69 Å². The van der Waals surface area contributed by atoms with Crippen molar-refractivity contribution in [1.82, 2.24) is 15.5 Å². The molecule has 1 atom stereocenters. The second-order valence-electron chi connectivity index (χ2n) is 9.16. The second kappa shape index (κ2) is 10.6. The third kappa shape index (κ3) is 7.21. The summed E-state index contributed by atoms with van der Waals surface area (Å²) in [6.45, 7) is 5.59. The average molecular weight is 481 g/mol. The summed E-state index contributed by atoms with van der Waals surface area (Å²) in [6, 6.07) is 17.5. The third-order valence-corrected chi connectivity index (χ3v) is 7.05. The van der Waals surface area contributed by atoms with E-state index in [2.05, 4.69) is 20.8 Å². The molecule has 0 aliphatic carbocycles. The fourth-order valence-electron chi connectivity index (χ4n) is 3.34. The summed E-state index contributed by atoms with van der Waals surface area (Å²) in [5, 5.41) is 13.0. The van der Waals surface area contributed by atoms with Gasteiger partial charge in [0.25, 0.3) is 5.91 Å². The molecule has 9 heteroatoms. The largest absolute Gasteiger partial charge is 0.338 e. The lowest BCUT2D eigenvalue weighted by atomic mass is 10.0. The van der Waals surface area contributed by atoms with Crippen LogP contribution in [0.5, 0.6) is 0 Å². The predicted molar refractivity (Wildman–Crippen MR) is 130 cm³/mol. The molecule has 3 rings (SSSR count). The molecular weight excluding hydrogens is 452 g/mol. The zero-order chi connectivity index (χ0) is 24.8. The zero-order valence-electron chi connectivity index (χ0n) is 19.4. The minimum atomic E-state index is -3.45. The van der Waals surface area contributed by atoms with E-state index in [1.54, 1.807) is 6.07 Å². The summed E-state index contributed by atoms with van der Waals surface area (Å²) in [6.07, 6.45) is 1.72. The Balaban J connectivity index is 1.76. The van der Waals surface area contributed by atoms with Crippen molar-refractivity contribution in [2.75, 3.05) is 11.1 Å². The Labute approximate surface area is 199 Å². The lowest BCUT2D eigenvalue weighted by molar-refractivity contribution is -0.118. The molecule has 0 fully saturated rings. The fraction of sp³-hybridized carbons (Fsp3) is 0.280. The lowest BCUT2D eigenvalue weighted by Gasteiger charge is -2.19. The van der Waals surface area contributed by atoms with Crippen molar-refractivity contribution in [2.45, 2.75) is 38.1 Å². The smallest absolute Gasteiger partial charge is 0.272 e. The van der Waals surface area contributed by atoms with Crippen LogP contribution in [0.3, 0.4) is 0 Å². The number of hydrogen-bond acceptors (Lipinski definition) is 6. The van der Waals surface area contributed by atoms with E-state index in [4.69, 9.17) is 0 Å². The molecule has 8 nitrogen and oxygen atoms in total. The quantitative estimate of drug-likeness (QED) is 0.511. The molecular formula is C25H28N4O4S. The van der Waals surface area contributed by atoms with Crippen molar-refractivity contribution >= 4 is 27.3 Å². The van der Waals surface area contributed by atoms with Crippen molar-refractivity contribution in [2.24, 2.45) is 5.41 Å². The number of carbonyl (C=O) groups excluding carboxylic acids is 2. The number of nitrogens with one attached hydrogen (secondary N) is 2. The van der Waals surface area contributed by atoms with Gasteiger partial charge in [0.1, 0.15) is 6.04 Å². The maximum atomic E-state index is 13.1. The normalized spacial score (nSPS) is 12.6. The number of amides is 2. The van der Waals surface area contributed by atoms with E-state index in [1.165, 1.54) is 36.5 Å². The molecule has 3 aromatic rings. The standard InChI is InChI=1S/C25H28N4O4S/c1-25(2,3)17-34(32,33)20-13-11-19(12-14-20)27-24(31)22(16-18-8-5-4-6-9-18)28-23(30)21-10-7-15-26-29-21/h4-15,22H,16-17H2,1-3H3,(H,27,31)(H,28,30)/t22-/m0/s1. The molecule has 2 aromatic carbocycles. The molecule has 34 heavy (non-hydrogen) atoms. The van der Waals surface area contributed by atoms with Crippen LogP contribution in [0.2, 0.25) is 0 Å². The molecule has 1 heterocycles. The van der Waals surface area contributed by atoms with E-state index in [1.807, 2.05) is 51.1 Å². The molecule has 178 valence electrons. The van der Waals surface area contributed by atoms with Crippen LogP contribution < -0.4 is 10.6 Å². The van der Waals surface area contributed by atoms with E-state index < -0.39 is 27.7 Å². The maximum Gasteiger partial charge on any atom is 0.272 e. The van der Waals surface area contributed by atoms with Gasteiger partial charge in [0, 0.05) is 18.3 Å². The Morgan fingerprint density at radius 3 is 2.21 bits per heavy atom. The average Bonchev–Trinajstić information content (AvgIpc) is 2.78. The van der Waals surface area contributed by atoms with E-state index >= 15 is 0 Å². The van der Waals surface area contributed by atoms with Gasteiger partial charge in [-0.2, -0.15) is 5.10 Å². The molecule has 0 aliphatic rings. The van der Waals surface area contributed by atoms with Gasteiger partial charge in [0.05, 0.1) is 10.6 Å². The van der Waals surface area contributed by atoms with Gasteiger partial charge < -0.3 is 10.6 Å². The van der Waals surface area contributed by atoms with Crippen molar-refractivity contribution < 1.29 is 18.0 Å². The monoisotopic (exact) mass is 480 g/mol. The van der Waals surface area contributed by atoms with Crippen LogP contribution in [-0.2, 0) is 21.1 Å². The number of sulfone groups is 1. The fourth-order valence-corrected chi connectivity index (χ4v) is 5.20. The number of nitrogens with zero attached hydrogens (tertiary/aromatic N) is 2. The highest BCUT2D eigenvalue weighted by Crippen LogP contribution is 2.23. The zero-order valence-corrected chi connectivity index (χ0v) is 20.2. The van der Waals surface area contributed by atoms with Crippen LogP contribution >= 0.6 is 0 Å². The maximum absolute atomic E-state index is 13.1. The van der Waals surface area contributed by atoms with Crippen molar-refractivity contribution in [3.63, 3.8) is 0 Å². The minimum absolute atomic E-state index is 0.0132. The van der Waals surface area contributed by atoms with Gasteiger partial charge in [-0.05, 0) is 47.4 Å². The summed E-state index contributed by atoms with van der Waals surface area (Å²) < 4.78 is 25.2. The van der Waals surface area contributed by atoms with Gasteiger partial charge >= 0.3 is 0 Å². The molecule has 0 spiro atoms. The number of aromatic nitrogens is 2. The molecule has 2 N–H and O–H groups in total. The van der Waals surface area contributed by atoms with Crippen LogP contribution in [0, 0.1) is 5.41 Å². The molecule has 2 amide bonds. The van der Waals surface area contributed by atoms with Crippen LogP contribution in [0.4, 0.5) is 5.69 Å². The molecule has 0 radical (unpaired) electrons. The van der Waals surface area contributed by atoms with Crippen LogP contribution in [0.15, 0.2) is 77.8 Å². The first-order valence-electron chi connectivity index (χ1n) is 10.8. The van der Waals surface area contributed by atoms with E-state index in [-0.39, 0.29) is 28.2 Å². The van der Waals surface area contributed by atoms with Gasteiger partial charge in [-0.25, -0.2) is 8.42 Å². The first-order valence-corrected chi connectivity index (χ1v) is 12.4. The molecule has 1 aromatic heterocycles. The summed E-state index contributed by atoms with van der Waals surface area (Å²) in [7, 11) is -3.45. The molecule has 0 unspecified atom stereocenters. The molecule has 0 saturated carbocycles. The summed E-state index contributed by atoms with van der Waals surface area (Å²) in [4.78, 5) is 25.9. The third-order valence-electron chi connectivity index (χ3n) is 4.81. The number of rotatable bonds is 8. The Morgan fingerprint density at radius 2 is 1.62 bits per heavy atom. The van der Waals surface area contributed by atoms with Crippen LogP contribution in [0.1, 0.15) is 36.8 Å². The van der Waals surface area contributed by atoms with Crippen molar-refractivity contribution in [3.05, 3.63) is 84.2 Å². The van der Waals surface area contributed by atoms with Crippen LogP contribution in [-0.4, -0.2) is 42.2 Å². The predicted octanol–water partition coefficient (Wildman–Crippen LogP) is 3.28. The first kappa shape index (κ1) is 25.0. The molecule has 0 aliphatic heterocycles. The Bertz CT molecular complexity index is 1220. The van der Waals surface area contributed by atoms with Gasteiger partial charge in [0.15, 0.2) is 15.5 Å². The Kier molecular flexibility index (Phi) is 7.78. The summed E-state index contributed by atoms with van der Waals surface area (Å²) in [5.41, 5.74) is 1.01. The van der Waals surface area contributed by atoms with Crippen molar-refractivity contribution in [1.29, 1.82) is 0 Å². The highest BCUT2D eigenvalue weighted by molar-refractivity contribution is 7.91. The van der Waals surface area contributed by atoms with E-state index in [9.17, 15) is 18.0 Å². The molecule has 0 saturated heterocycles. The number of benzene rings is 2. The van der Waals surface area contributed by atoms with Crippen LogP contribution in [0.25, 0.3) is 0 Å². The highest BCUT2D eigenvalue weighted by Gasteiger charge is 2.25.